The fourth-order valence-electron chi connectivity index (χ4n) is 3.79. The Hall–Kier alpha value is -1.26. The van der Waals surface area contributed by atoms with Gasteiger partial charge in [-0.05, 0) is 6.42 Å². The highest BCUT2D eigenvalue weighted by molar-refractivity contribution is 5.37. The van der Waals surface area contributed by atoms with E-state index in [2.05, 4.69) is 17.2 Å². The van der Waals surface area contributed by atoms with Gasteiger partial charge in [-0.2, -0.15) is 0 Å². The number of hydrogen-bond donors (Lipinski definition) is 5. The first-order valence-electron chi connectivity index (χ1n) is 10.4. The van der Waals surface area contributed by atoms with Crippen molar-refractivity contribution < 1.29 is 25.5 Å². The highest BCUT2D eigenvalue weighted by Crippen LogP contribution is 2.27. The molecule has 9 nitrogen and oxygen atoms in total. The molecule has 1 saturated carbocycles. The average molecular weight is 401 g/mol. The fourth-order valence-corrected chi connectivity index (χ4v) is 3.79. The van der Waals surface area contributed by atoms with Gasteiger partial charge in [-0.15, -0.1) is 5.10 Å². The van der Waals surface area contributed by atoms with Gasteiger partial charge in [-0.1, -0.05) is 57.1 Å². The Bertz CT molecular complexity index is 556. The summed E-state index contributed by atoms with van der Waals surface area (Å²) in [5.41, 5.74) is 0. The van der Waals surface area contributed by atoms with E-state index in [0.717, 1.165) is 19.4 Å². The van der Waals surface area contributed by atoms with Crippen molar-refractivity contribution in [3.63, 3.8) is 0 Å². The normalized spacial score (nSPS) is 30.5. The summed E-state index contributed by atoms with van der Waals surface area (Å²) < 4.78 is 1.71. The van der Waals surface area contributed by atoms with Gasteiger partial charge in [-0.3, -0.25) is 4.68 Å². The molecule has 0 amide bonds. The maximum Gasteiger partial charge on any atom is 0.171 e. The summed E-state index contributed by atoms with van der Waals surface area (Å²) in [5.74, 6) is 0.415. The molecule has 28 heavy (non-hydrogen) atoms. The van der Waals surface area contributed by atoms with Crippen LogP contribution in [0, 0.1) is 0 Å². The molecular weight excluding hydrogens is 364 g/mol. The number of aliphatic hydroxyl groups is 5. The Kier molecular flexibility index (Phi) is 9.10. The molecule has 0 aliphatic heterocycles. The predicted molar refractivity (Wildman–Crippen MR) is 105 cm³/mol. The first-order valence-corrected chi connectivity index (χ1v) is 10.4. The van der Waals surface area contributed by atoms with Crippen LogP contribution in [0.5, 0.6) is 0 Å². The van der Waals surface area contributed by atoms with Crippen molar-refractivity contribution in [3.8, 4) is 0 Å². The zero-order valence-corrected chi connectivity index (χ0v) is 16.9. The fraction of sp³-hybridized carbons (Fsp3) is 0.895. The van der Waals surface area contributed by atoms with Gasteiger partial charge in [-0.25, -0.2) is 0 Å². The lowest BCUT2D eigenvalue weighted by Gasteiger charge is -2.45. The number of likely N-dealkylation sites (N-methyl/N-ethyl adjacent to an activating group) is 1. The van der Waals surface area contributed by atoms with E-state index in [-0.39, 0.29) is 0 Å². The van der Waals surface area contributed by atoms with Gasteiger partial charge in [0.25, 0.3) is 0 Å². The van der Waals surface area contributed by atoms with Gasteiger partial charge in [0.05, 0.1) is 12.2 Å². The summed E-state index contributed by atoms with van der Waals surface area (Å²) in [5, 5.41) is 58.1. The number of nitrogens with zero attached hydrogens (tertiary/aromatic N) is 4. The Morgan fingerprint density at radius 1 is 0.821 bits per heavy atom. The zero-order chi connectivity index (χ0) is 20.7. The van der Waals surface area contributed by atoms with Gasteiger partial charge in [0, 0.05) is 13.6 Å². The molecule has 0 aromatic carbocycles. The number of rotatable bonds is 11. The lowest BCUT2D eigenvalue weighted by Crippen LogP contribution is -2.68. The molecule has 1 aliphatic carbocycles. The van der Waals surface area contributed by atoms with Crippen molar-refractivity contribution in [3.05, 3.63) is 6.20 Å². The molecule has 1 aromatic rings. The van der Waals surface area contributed by atoms with E-state index >= 15 is 0 Å². The minimum absolute atomic E-state index is 0.415. The minimum Gasteiger partial charge on any atom is -0.388 e. The summed E-state index contributed by atoms with van der Waals surface area (Å²) in [6.07, 6.45) is 3.92. The maximum atomic E-state index is 10.2. The quantitative estimate of drug-likeness (QED) is 0.329. The minimum atomic E-state index is -1.60. The van der Waals surface area contributed by atoms with Gasteiger partial charge in [0.2, 0.25) is 0 Å². The van der Waals surface area contributed by atoms with Gasteiger partial charge < -0.3 is 30.4 Å². The Morgan fingerprint density at radius 2 is 1.32 bits per heavy atom. The molecule has 9 heteroatoms. The second-order valence-electron chi connectivity index (χ2n) is 7.87. The van der Waals surface area contributed by atoms with E-state index in [1.165, 1.54) is 43.4 Å². The Labute approximate surface area is 166 Å². The summed E-state index contributed by atoms with van der Waals surface area (Å²) in [7, 11) is 1.60. The molecule has 0 radical (unpaired) electrons. The first kappa shape index (κ1) is 23.0. The number of hydrogen-bond acceptors (Lipinski definition) is 8. The van der Waals surface area contributed by atoms with Crippen LogP contribution in [0.2, 0.25) is 0 Å². The third-order valence-electron chi connectivity index (χ3n) is 5.68. The standard InChI is InChI=1S/C19H36N4O5/c1-3-4-5-6-7-8-9-10-11-23-12-13(20-21-23)22(2)14-15(24)17(26)19(28)18(27)16(14)25/h12,14-19,24-28H,3-11H2,1-2H3. The van der Waals surface area contributed by atoms with Crippen LogP contribution >= 0.6 is 0 Å². The Morgan fingerprint density at radius 3 is 1.89 bits per heavy atom. The Balaban J connectivity index is 1.82. The number of unbranched alkanes of at least 4 members (excludes halogenated alkanes) is 7. The molecule has 162 valence electrons. The number of aromatic nitrogens is 3. The van der Waals surface area contributed by atoms with E-state index in [4.69, 9.17) is 0 Å². The first-order chi connectivity index (χ1) is 13.4. The van der Waals surface area contributed by atoms with E-state index in [0.29, 0.717) is 5.82 Å². The molecule has 2 rings (SSSR count). The van der Waals surface area contributed by atoms with Gasteiger partial charge >= 0.3 is 0 Å². The maximum absolute atomic E-state index is 10.2. The summed E-state index contributed by atoms with van der Waals surface area (Å²) >= 11 is 0. The molecule has 5 N–H and O–H groups in total. The van der Waals surface area contributed by atoms with Crippen molar-refractivity contribution >= 4 is 5.82 Å². The van der Waals surface area contributed by atoms with Gasteiger partial charge in [0.1, 0.15) is 30.5 Å². The van der Waals surface area contributed by atoms with E-state index in [1.807, 2.05) is 0 Å². The third-order valence-corrected chi connectivity index (χ3v) is 5.68. The van der Waals surface area contributed by atoms with Crippen LogP contribution in [0.25, 0.3) is 0 Å². The topological polar surface area (TPSA) is 135 Å². The zero-order valence-electron chi connectivity index (χ0n) is 16.9. The van der Waals surface area contributed by atoms with E-state index in [1.54, 1.807) is 17.9 Å². The number of anilines is 1. The molecule has 1 fully saturated rings. The van der Waals surface area contributed by atoms with Crippen molar-refractivity contribution in [2.45, 2.75) is 101 Å². The SMILES string of the molecule is CCCCCCCCCCn1cc(N(C)C2C(O)C(O)C(O)C(O)C2O)nn1. The molecule has 4 unspecified atom stereocenters. The summed E-state index contributed by atoms with van der Waals surface area (Å²) in [6.45, 7) is 2.95. The van der Waals surface area contributed by atoms with Gasteiger partial charge in [0.15, 0.2) is 5.82 Å². The second-order valence-corrected chi connectivity index (χ2v) is 7.87. The summed E-state index contributed by atoms with van der Waals surface area (Å²) in [4.78, 5) is 1.48. The molecule has 0 spiro atoms. The molecule has 0 bridgehead atoms. The second kappa shape index (κ2) is 11.1. The molecule has 1 aromatic heterocycles. The van der Waals surface area contributed by atoms with Crippen LogP contribution in [0.15, 0.2) is 6.20 Å². The lowest BCUT2D eigenvalue weighted by atomic mass is 9.82. The largest absolute Gasteiger partial charge is 0.388 e. The molecule has 1 aliphatic rings. The van der Waals surface area contributed by atoms with E-state index in [9.17, 15) is 25.5 Å². The van der Waals surface area contributed by atoms with E-state index < -0.39 is 36.6 Å². The van der Waals surface area contributed by atoms with Crippen LogP contribution in [0.1, 0.15) is 58.3 Å². The average Bonchev–Trinajstić information content (AvgIpc) is 3.16. The monoisotopic (exact) mass is 400 g/mol. The molecule has 4 atom stereocenters. The van der Waals surface area contributed by atoms with Crippen LogP contribution in [-0.4, -0.2) is 84.1 Å². The molecule has 1 heterocycles. The highest BCUT2D eigenvalue weighted by atomic mass is 16.4. The predicted octanol–water partition coefficient (Wildman–Crippen LogP) is 0.0417. The van der Waals surface area contributed by atoms with Crippen LogP contribution in [0.3, 0.4) is 0 Å². The van der Waals surface area contributed by atoms with Crippen molar-refractivity contribution in [2.75, 3.05) is 11.9 Å². The number of aryl methyl sites for hydroxylation is 1. The highest BCUT2D eigenvalue weighted by Gasteiger charge is 2.50. The smallest absolute Gasteiger partial charge is 0.171 e. The molecular formula is C19H36N4O5. The van der Waals surface area contributed by atoms with Crippen LogP contribution in [0.4, 0.5) is 5.82 Å². The molecule has 0 saturated heterocycles. The lowest BCUT2D eigenvalue weighted by molar-refractivity contribution is -0.185. The number of aliphatic hydroxyl groups excluding tert-OH is 5. The van der Waals surface area contributed by atoms with Crippen molar-refractivity contribution in [1.82, 2.24) is 15.0 Å². The van der Waals surface area contributed by atoms with Crippen LogP contribution < -0.4 is 4.90 Å². The van der Waals surface area contributed by atoms with Crippen LogP contribution in [-0.2, 0) is 6.54 Å². The van der Waals surface area contributed by atoms with Crippen molar-refractivity contribution in [1.29, 1.82) is 0 Å². The summed E-state index contributed by atoms with van der Waals surface area (Å²) in [6, 6.07) is -1.01. The van der Waals surface area contributed by atoms with Crippen molar-refractivity contribution in [2.24, 2.45) is 0 Å². The third kappa shape index (κ3) is 5.64.